The molecule has 0 saturated heterocycles. The van der Waals surface area contributed by atoms with Gasteiger partial charge in [-0.2, -0.15) is 0 Å². The SMILES string of the molecule is O=C(O)CCC(=O)O.O=C([O-])CCC(=O)O.O=C([O-])CCC(=O)[O-].[U+3]. The van der Waals surface area contributed by atoms with Crippen molar-refractivity contribution in [2.24, 2.45) is 0 Å². The molecule has 12 nitrogen and oxygen atoms in total. The smallest absolute Gasteiger partial charge is 0.550 e. The number of rotatable bonds is 9. The Morgan fingerprint density at radius 2 is 0.640 bits per heavy atom. The van der Waals surface area contributed by atoms with E-state index in [-0.39, 0.29) is 50.4 Å². The van der Waals surface area contributed by atoms with Crippen molar-refractivity contribution in [3.8, 4) is 0 Å². The Morgan fingerprint density at radius 1 is 0.480 bits per heavy atom. The zero-order valence-electron chi connectivity index (χ0n) is 12.8. The Bertz CT molecular complexity index is 350. The summed E-state index contributed by atoms with van der Waals surface area (Å²) in [4.78, 5) is 57.4. The number of hydrogen-bond donors (Lipinski definition) is 3. The molecule has 0 aromatic rings. The predicted octanol–water partition coefficient (Wildman–Crippen LogP) is -4.20. The van der Waals surface area contributed by atoms with Crippen LogP contribution in [0.15, 0.2) is 0 Å². The number of carboxylic acid groups (broad SMARTS) is 6. The Morgan fingerprint density at radius 3 is 0.760 bits per heavy atom. The maximum atomic E-state index is 9.64. The minimum Gasteiger partial charge on any atom is -0.550 e. The van der Waals surface area contributed by atoms with E-state index in [1.54, 1.807) is 0 Å². The van der Waals surface area contributed by atoms with Crippen LogP contribution in [0.4, 0.5) is 0 Å². The van der Waals surface area contributed by atoms with Crippen LogP contribution < -0.4 is 15.3 Å². The summed E-state index contributed by atoms with van der Waals surface area (Å²) in [6.07, 6.45) is -2.30. The van der Waals surface area contributed by atoms with Crippen LogP contribution in [-0.4, -0.2) is 51.1 Å². The number of carboxylic acids is 6. The molecule has 13 heteroatoms. The first kappa shape index (κ1) is 30.7. The Hall–Kier alpha value is -2.13. The fourth-order valence-corrected chi connectivity index (χ4v) is 0.627. The van der Waals surface area contributed by atoms with Crippen LogP contribution in [0.1, 0.15) is 38.5 Å². The number of aliphatic carboxylic acids is 6. The molecule has 139 valence electrons. The van der Waals surface area contributed by atoms with E-state index in [9.17, 15) is 44.1 Å². The van der Waals surface area contributed by atoms with Crippen molar-refractivity contribution in [3.63, 3.8) is 0 Å². The van der Waals surface area contributed by atoms with Gasteiger partial charge < -0.3 is 45.0 Å². The molecule has 0 rings (SSSR count). The van der Waals surface area contributed by atoms with Crippen LogP contribution in [0, 0.1) is 31.1 Å². The summed E-state index contributed by atoms with van der Waals surface area (Å²) >= 11 is 0. The van der Waals surface area contributed by atoms with Gasteiger partial charge >= 0.3 is 49.0 Å². The van der Waals surface area contributed by atoms with E-state index >= 15 is 0 Å². The van der Waals surface area contributed by atoms with Crippen molar-refractivity contribution in [2.75, 3.05) is 0 Å². The van der Waals surface area contributed by atoms with Crippen LogP contribution in [-0.2, 0) is 28.8 Å². The van der Waals surface area contributed by atoms with Crippen molar-refractivity contribution in [2.45, 2.75) is 38.5 Å². The maximum Gasteiger partial charge on any atom is 3.00 e. The second-order valence-corrected chi connectivity index (χ2v) is 3.80. The Balaban J connectivity index is -0.000000130. The van der Waals surface area contributed by atoms with Crippen molar-refractivity contribution < 1.29 is 90.5 Å². The maximum absolute atomic E-state index is 9.64. The molecule has 0 heterocycles. The van der Waals surface area contributed by atoms with Crippen LogP contribution in [0.3, 0.4) is 0 Å². The van der Waals surface area contributed by atoms with Gasteiger partial charge in [-0.05, 0) is 19.3 Å². The van der Waals surface area contributed by atoms with E-state index in [0.29, 0.717) is 0 Å². The molecule has 0 bridgehead atoms. The van der Waals surface area contributed by atoms with Crippen LogP contribution >= 0.6 is 0 Å². The van der Waals surface area contributed by atoms with E-state index in [4.69, 9.17) is 15.3 Å². The van der Waals surface area contributed by atoms with Gasteiger partial charge in [0.2, 0.25) is 0 Å². The molecule has 0 aliphatic rings. The molecule has 0 unspecified atom stereocenters. The molecule has 1 radical (unpaired) electrons. The molecule has 25 heavy (non-hydrogen) atoms. The molecule has 3 N–H and O–H groups in total. The third-order valence-corrected chi connectivity index (χ3v) is 1.63. The van der Waals surface area contributed by atoms with E-state index < -0.39 is 55.1 Å². The second kappa shape index (κ2) is 19.9. The second-order valence-electron chi connectivity index (χ2n) is 3.80. The molecular weight excluding hydrogens is 574 g/mol. The summed E-state index contributed by atoms with van der Waals surface area (Å²) in [6.45, 7) is 0. The largest absolute Gasteiger partial charge is 3.00 e. The molecule has 0 amide bonds. The summed E-state index contributed by atoms with van der Waals surface area (Å²) in [5.74, 6) is -7.33. The van der Waals surface area contributed by atoms with Gasteiger partial charge in [0.05, 0.1) is 19.3 Å². The zero-order valence-corrected chi connectivity index (χ0v) is 16.9. The van der Waals surface area contributed by atoms with Gasteiger partial charge in [0.1, 0.15) is 0 Å². The normalized spacial score (nSPS) is 8.16. The van der Waals surface area contributed by atoms with Gasteiger partial charge in [-0.1, -0.05) is 0 Å². The molecule has 0 aromatic heterocycles. The number of carbonyl (C=O) groups excluding carboxylic acids is 3. The summed E-state index contributed by atoms with van der Waals surface area (Å²) in [5.41, 5.74) is 0. The first-order valence-corrected chi connectivity index (χ1v) is 6.13. The molecule has 0 atom stereocenters. The molecule has 0 aromatic carbocycles. The van der Waals surface area contributed by atoms with Gasteiger partial charge in [-0.3, -0.25) is 14.4 Å². The minimum atomic E-state index is -1.37. The summed E-state index contributed by atoms with van der Waals surface area (Å²) < 4.78 is 0. The summed E-state index contributed by atoms with van der Waals surface area (Å²) in [5, 5.41) is 52.2. The van der Waals surface area contributed by atoms with E-state index in [2.05, 4.69) is 0 Å². The standard InChI is InChI=1S/3C4H6O4.U/c3*5-3(6)1-2-4(7)8;/h3*1-2H2,(H,5,6)(H,7,8);/q;;;+3/p-3. The first-order chi connectivity index (χ1) is 10.9. The topological polar surface area (TPSA) is 232 Å². The zero-order chi connectivity index (χ0) is 19.7. The first-order valence-electron chi connectivity index (χ1n) is 6.13. The van der Waals surface area contributed by atoms with Crippen molar-refractivity contribution in [1.82, 2.24) is 0 Å². The number of carbonyl (C=O) groups is 6. The van der Waals surface area contributed by atoms with Crippen LogP contribution in [0.2, 0.25) is 0 Å². The Kier molecular flexibility index (Phi) is 24.5. The molecule has 0 saturated carbocycles. The third-order valence-electron chi connectivity index (χ3n) is 1.63. The van der Waals surface area contributed by atoms with Gasteiger partial charge in [-0.15, -0.1) is 0 Å². The molecule has 0 spiro atoms. The van der Waals surface area contributed by atoms with Gasteiger partial charge in [0.15, 0.2) is 0 Å². The van der Waals surface area contributed by atoms with Crippen molar-refractivity contribution >= 4 is 35.8 Å². The third kappa shape index (κ3) is 52.1. The van der Waals surface area contributed by atoms with Crippen LogP contribution in [0.25, 0.3) is 0 Å². The average molecular weight is 589 g/mol. The van der Waals surface area contributed by atoms with E-state index in [1.807, 2.05) is 0 Å². The van der Waals surface area contributed by atoms with Gasteiger partial charge in [-0.25, -0.2) is 0 Å². The van der Waals surface area contributed by atoms with Gasteiger partial charge in [0.25, 0.3) is 0 Å². The fraction of sp³-hybridized carbons (Fsp3) is 0.500. The quantitative estimate of drug-likeness (QED) is 0.232. The molecular formula is C12H15O12U. The summed E-state index contributed by atoms with van der Waals surface area (Å²) in [6, 6.07) is 0. The monoisotopic (exact) mass is 589 g/mol. The summed E-state index contributed by atoms with van der Waals surface area (Å²) in [7, 11) is 0. The molecule has 0 aliphatic carbocycles. The van der Waals surface area contributed by atoms with Crippen molar-refractivity contribution in [3.05, 3.63) is 0 Å². The molecule has 0 aliphatic heterocycles. The minimum absolute atomic E-state index is 0. The Labute approximate surface area is 164 Å². The molecule has 0 fully saturated rings. The number of hydrogen-bond acceptors (Lipinski definition) is 9. The average Bonchev–Trinajstić information content (AvgIpc) is 2.42. The van der Waals surface area contributed by atoms with Gasteiger partial charge in [0, 0.05) is 17.9 Å². The van der Waals surface area contributed by atoms with Crippen molar-refractivity contribution in [1.29, 1.82) is 0 Å². The predicted molar refractivity (Wildman–Crippen MR) is 65.6 cm³/mol. The van der Waals surface area contributed by atoms with E-state index in [0.717, 1.165) is 0 Å². The van der Waals surface area contributed by atoms with Crippen LogP contribution in [0.5, 0.6) is 0 Å². The fourth-order valence-electron chi connectivity index (χ4n) is 0.627. The van der Waals surface area contributed by atoms with E-state index in [1.165, 1.54) is 0 Å².